The molecule has 0 aliphatic heterocycles. The van der Waals surface area contributed by atoms with E-state index < -0.39 is 0 Å². The van der Waals surface area contributed by atoms with Crippen molar-refractivity contribution in [1.82, 2.24) is 0 Å². The van der Waals surface area contributed by atoms with Crippen LogP contribution in [0.2, 0.25) is 0 Å². The van der Waals surface area contributed by atoms with Gasteiger partial charge in [0, 0.05) is 4.90 Å². The van der Waals surface area contributed by atoms with Gasteiger partial charge in [0.05, 0.1) is 0 Å². The van der Waals surface area contributed by atoms with E-state index in [1.165, 1.54) is 55.8 Å². The van der Waals surface area contributed by atoms with Gasteiger partial charge in [-0.25, -0.2) is 0 Å². The largest absolute Gasteiger partial charge is 0.126 e. The van der Waals surface area contributed by atoms with Gasteiger partial charge in [0.1, 0.15) is 0 Å². The molecule has 1 heteroatoms. The van der Waals surface area contributed by atoms with Crippen molar-refractivity contribution in [2.45, 2.75) is 24.7 Å². The van der Waals surface area contributed by atoms with Gasteiger partial charge in [-0.05, 0) is 50.6 Å². The van der Waals surface area contributed by atoms with Crippen LogP contribution in [-0.2, 0) is 0 Å². The summed E-state index contributed by atoms with van der Waals surface area (Å²) in [7, 11) is 0. The molecule has 0 unspecified atom stereocenters. The van der Waals surface area contributed by atoms with Gasteiger partial charge in [-0.1, -0.05) is 61.9 Å². The Morgan fingerprint density at radius 3 is 2.19 bits per heavy atom. The first-order valence-electron chi connectivity index (χ1n) is 7.68. The quantitative estimate of drug-likeness (QED) is 0.235. The average molecular weight is 290 g/mol. The van der Waals surface area contributed by atoms with E-state index >= 15 is 0 Å². The van der Waals surface area contributed by atoms with Crippen molar-refractivity contribution in [2.24, 2.45) is 0 Å². The van der Waals surface area contributed by atoms with Gasteiger partial charge < -0.3 is 0 Å². The second-order valence-corrected chi connectivity index (χ2v) is 6.76. The van der Waals surface area contributed by atoms with Crippen molar-refractivity contribution >= 4 is 44.1 Å². The summed E-state index contributed by atoms with van der Waals surface area (Å²) in [6.45, 7) is 2.25. The molecule has 0 amide bonds. The zero-order valence-electron chi connectivity index (χ0n) is 12.2. The fraction of sp³-hybridized carbons (Fsp3) is 0.200. The molecule has 0 nitrogen and oxygen atoms in total. The van der Waals surface area contributed by atoms with Crippen LogP contribution < -0.4 is 0 Å². The first-order valence-corrected chi connectivity index (χ1v) is 8.66. The molecule has 0 N–H and O–H groups in total. The summed E-state index contributed by atoms with van der Waals surface area (Å²) in [5.41, 5.74) is 0. The maximum atomic E-state index is 2.30. The lowest BCUT2D eigenvalue weighted by Gasteiger charge is -2.13. The van der Waals surface area contributed by atoms with E-state index in [0.717, 1.165) is 0 Å². The molecular weight excluding hydrogens is 272 g/mol. The summed E-state index contributed by atoms with van der Waals surface area (Å²) in [6, 6.07) is 20.2. The minimum atomic E-state index is 1.21. The predicted molar refractivity (Wildman–Crippen MR) is 95.8 cm³/mol. The van der Waals surface area contributed by atoms with Crippen molar-refractivity contribution in [3.63, 3.8) is 0 Å². The van der Waals surface area contributed by atoms with Gasteiger partial charge in [0.25, 0.3) is 0 Å². The number of hydrogen-bond acceptors (Lipinski definition) is 1. The molecule has 4 rings (SSSR count). The lowest BCUT2D eigenvalue weighted by molar-refractivity contribution is 0.896. The lowest BCUT2D eigenvalue weighted by Crippen LogP contribution is -1.86. The predicted octanol–water partition coefficient (Wildman–Crippen LogP) is 6.48. The van der Waals surface area contributed by atoms with E-state index in [9.17, 15) is 0 Å². The third-order valence-electron chi connectivity index (χ3n) is 4.24. The van der Waals surface area contributed by atoms with Gasteiger partial charge in [-0.3, -0.25) is 0 Å². The molecule has 4 aromatic carbocycles. The van der Waals surface area contributed by atoms with Crippen LogP contribution in [-0.4, -0.2) is 5.75 Å². The molecular formula is C20H18S. The van der Waals surface area contributed by atoms with E-state index in [1.807, 2.05) is 11.8 Å². The van der Waals surface area contributed by atoms with Gasteiger partial charge in [0.2, 0.25) is 0 Å². The van der Waals surface area contributed by atoms with Crippen LogP contribution in [0.3, 0.4) is 0 Å². The molecule has 0 radical (unpaired) electrons. The van der Waals surface area contributed by atoms with Gasteiger partial charge in [0.15, 0.2) is 0 Å². The molecule has 0 fully saturated rings. The number of thioether (sulfide) groups is 1. The minimum Gasteiger partial charge on any atom is -0.126 e. The number of hydrogen-bond donors (Lipinski definition) is 0. The summed E-state index contributed by atoms with van der Waals surface area (Å²) >= 11 is 2.00. The third kappa shape index (κ3) is 2.08. The molecule has 0 saturated carbocycles. The Morgan fingerprint density at radius 1 is 0.762 bits per heavy atom. The summed E-state index contributed by atoms with van der Waals surface area (Å²) in [6.07, 6.45) is 2.55. The molecule has 0 aliphatic rings. The third-order valence-corrected chi connectivity index (χ3v) is 5.40. The Labute approximate surface area is 129 Å². The van der Waals surface area contributed by atoms with Crippen LogP contribution >= 0.6 is 11.8 Å². The second-order valence-electron chi connectivity index (χ2n) is 5.62. The monoisotopic (exact) mass is 290 g/mol. The van der Waals surface area contributed by atoms with Crippen molar-refractivity contribution < 1.29 is 0 Å². The molecule has 0 heterocycles. The highest BCUT2D eigenvalue weighted by Crippen LogP contribution is 2.38. The lowest BCUT2D eigenvalue weighted by atomic mass is 9.94. The van der Waals surface area contributed by atoms with E-state index in [1.54, 1.807) is 0 Å². The Morgan fingerprint density at radius 2 is 1.43 bits per heavy atom. The Bertz CT molecular complexity index is 892. The maximum Gasteiger partial charge on any atom is 0.0151 e. The molecule has 0 spiro atoms. The van der Waals surface area contributed by atoms with Crippen LogP contribution in [0, 0.1) is 0 Å². The van der Waals surface area contributed by atoms with Crippen molar-refractivity contribution in [1.29, 1.82) is 0 Å². The van der Waals surface area contributed by atoms with Crippen LogP contribution in [0.4, 0.5) is 0 Å². The Kier molecular flexibility index (Phi) is 3.23. The van der Waals surface area contributed by atoms with Gasteiger partial charge in [-0.15, -0.1) is 11.8 Å². The summed E-state index contributed by atoms with van der Waals surface area (Å²) in [5.74, 6) is 1.21. The minimum absolute atomic E-state index is 1.21. The SMILES string of the molecule is CCCCSc1ccc2ccc3cccc4ccc1c2c34. The van der Waals surface area contributed by atoms with E-state index in [2.05, 4.69) is 61.5 Å². The molecule has 4 aromatic rings. The highest BCUT2D eigenvalue weighted by atomic mass is 32.2. The van der Waals surface area contributed by atoms with Crippen molar-refractivity contribution in [2.75, 3.05) is 5.75 Å². The Balaban J connectivity index is 2.01. The highest BCUT2D eigenvalue weighted by molar-refractivity contribution is 7.99. The number of benzene rings is 4. The van der Waals surface area contributed by atoms with E-state index in [4.69, 9.17) is 0 Å². The van der Waals surface area contributed by atoms with Gasteiger partial charge in [-0.2, -0.15) is 0 Å². The van der Waals surface area contributed by atoms with Crippen molar-refractivity contribution in [3.05, 3.63) is 54.6 Å². The first-order chi connectivity index (χ1) is 10.4. The van der Waals surface area contributed by atoms with Crippen LogP contribution in [0.25, 0.3) is 32.3 Å². The molecule has 0 aromatic heterocycles. The highest BCUT2D eigenvalue weighted by Gasteiger charge is 2.10. The summed E-state index contributed by atoms with van der Waals surface area (Å²) in [5, 5.41) is 8.33. The topological polar surface area (TPSA) is 0 Å². The standard InChI is InChI=1S/C20H18S/c1-2-3-13-21-18-12-10-16-8-7-14-5-4-6-15-9-11-17(18)20(16)19(14)15/h4-12H,2-3,13H2,1H3. The maximum absolute atomic E-state index is 2.30. The zero-order chi connectivity index (χ0) is 14.2. The van der Waals surface area contributed by atoms with Crippen LogP contribution in [0.15, 0.2) is 59.5 Å². The Hall–Kier alpha value is -1.73. The fourth-order valence-electron chi connectivity index (χ4n) is 3.16. The fourth-order valence-corrected chi connectivity index (χ4v) is 4.30. The molecule has 0 aliphatic carbocycles. The van der Waals surface area contributed by atoms with E-state index in [-0.39, 0.29) is 0 Å². The molecule has 104 valence electrons. The summed E-state index contributed by atoms with van der Waals surface area (Å²) in [4.78, 5) is 1.43. The molecule has 0 bridgehead atoms. The van der Waals surface area contributed by atoms with Crippen molar-refractivity contribution in [3.8, 4) is 0 Å². The summed E-state index contributed by atoms with van der Waals surface area (Å²) < 4.78 is 0. The smallest absolute Gasteiger partial charge is 0.0151 e. The first kappa shape index (κ1) is 13.0. The second kappa shape index (κ2) is 5.23. The normalized spacial score (nSPS) is 11.9. The average Bonchev–Trinajstić information content (AvgIpc) is 2.54. The van der Waals surface area contributed by atoms with E-state index in [0.29, 0.717) is 0 Å². The molecule has 21 heavy (non-hydrogen) atoms. The number of unbranched alkanes of at least 4 members (excludes halogenated alkanes) is 1. The zero-order valence-corrected chi connectivity index (χ0v) is 13.0. The molecule has 0 saturated heterocycles. The van der Waals surface area contributed by atoms with Crippen LogP contribution in [0.5, 0.6) is 0 Å². The number of rotatable bonds is 4. The van der Waals surface area contributed by atoms with Gasteiger partial charge >= 0.3 is 0 Å². The van der Waals surface area contributed by atoms with Crippen LogP contribution in [0.1, 0.15) is 19.8 Å². The molecule has 0 atom stereocenters.